The molecule has 33 heavy (non-hydrogen) atoms. The van der Waals surface area contributed by atoms with E-state index < -0.39 is 0 Å². The molecular formula is C24H35N9. The number of likely N-dealkylation sites (tertiary alicyclic amines) is 1. The Balaban J connectivity index is 1.25. The first-order valence-electron chi connectivity index (χ1n) is 11.9. The van der Waals surface area contributed by atoms with Crippen LogP contribution < -0.4 is 16.0 Å². The van der Waals surface area contributed by atoms with Gasteiger partial charge in [-0.25, -0.2) is 15.0 Å². The highest BCUT2D eigenvalue weighted by molar-refractivity contribution is 5.86. The third-order valence-electron chi connectivity index (χ3n) is 5.88. The second-order valence-corrected chi connectivity index (χ2v) is 8.43. The van der Waals surface area contributed by atoms with Crippen molar-refractivity contribution in [1.29, 1.82) is 0 Å². The highest BCUT2D eigenvalue weighted by atomic mass is 15.3. The second-order valence-electron chi connectivity index (χ2n) is 8.43. The van der Waals surface area contributed by atoms with Crippen LogP contribution in [0.4, 0.5) is 5.82 Å². The summed E-state index contributed by atoms with van der Waals surface area (Å²) in [5.41, 5.74) is 3.41. The summed E-state index contributed by atoms with van der Waals surface area (Å²) in [4.78, 5) is 15.9. The fraction of sp³-hybridized carbons (Fsp3) is 0.500. The average molecular weight is 450 g/mol. The molecule has 1 aliphatic rings. The van der Waals surface area contributed by atoms with Gasteiger partial charge in [0.05, 0.1) is 18.1 Å². The van der Waals surface area contributed by atoms with Crippen LogP contribution in [0.15, 0.2) is 41.8 Å². The van der Waals surface area contributed by atoms with Crippen LogP contribution in [0.25, 0.3) is 11.0 Å². The predicted molar refractivity (Wildman–Crippen MR) is 133 cm³/mol. The number of anilines is 1. The van der Waals surface area contributed by atoms with Gasteiger partial charge in [-0.1, -0.05) is 30.7 Å². The Kier molecular flexibility index (Phi) is 8.08. The third kappa shape index (κ3) is 6.41. The fourth-order valence-electron chi connectivity index (χ4n) is 4.10. The summed E-state index contributed by atoms with van der Waals surface area (Å²) in [6, 6.07) is 8.87. The molecule has 3 N–H and O–H groups in total. The first-order valence-corrected chi connectivity index (χ1v) is 11.9. The van der Waals surface area contributed by atoms with Crippen molar-refractivity contribution in [3.05, 3.63) is 47.9 Å². The first-order chi connectivity index (χ1) is 16.2. The molecule has 9 heteroatoms. The number of piperidine rings is 1. The topological polar surface area (TPSA) is 95.3 Å². The number of benzene rings is 1. The normalized spacial score (nSPS) is 15.0. The zero-order valence-corrected chi connectivity index (χ0v) is 19.7. The fourth-order valence-corrected chi connectivity index (χ4v) is 4.10. The van der Waals surface area contributed by atoms with E-state index in [9.17, 15) is 0 Å². The minimum atomic E-state index is 0.648. The van der Waals surface area contributed by atoms with E-state index in [2.05, 4.69) is 67.1 Å². The number of fused-ring (bicyclic) bond motifs is 1. The van der Waals surface area contributed by atoms with Crippen LogP contribution in [0.2, 0.25) is 0 Å². The lowest BCUT2D eigenvalue weighted by Gasteiger charge is -2.26. The van der Waals surface area contributed by atoms with E-state index in [1.165, 1.54) is 43.5 Å². The molecule has 1 saturated heterocycles. The molecule has 1 aliphatic heterocycles. The van der Waals surface area contributed by atoms with E-state index in [-0.39, 0.29) is 0 Å². The molecule has 0 atom stereocenters. The van der Waals surface area contributed by atoms with E-state index in [4.69, 9.17) is 4.99 Å². The number of rotatable bonds is 9. The highest BCUT2D eigenvalue weighted by Crippen LogP contribution is 2.17. The number of aryl methyl sites for hydroxylation is 1. The molecule has 0 radical (unpaired) electrons. The molecule has 0 spiro atoms. The van der Waals surface area contributed by atoms with Gasteiger partial charge in [-0.2, -0.15) is 5.10 Å². The Morgan fingerprint density at radius 1 is 1.00 bits per heavy atom. The quantitative estimate of drug-likeness (QED) is 0.262. The predicted octanol–water partition coefficient (Wildman–Crippen LogP) is 2.52. The van der Waals surface area contributed by atoms with Gasteiger partial charge in [0.25, 0.3) is 0 Å². The maximum absolute atomic E-state index is 4.74. The largest absolute Gasteiger partial charge is 0.368 e. The number of aromatic nitrogens is 4. The Morgan fingerprint density at radius 2 is 1.79 bits per heavy atom. The third-order valence-corrected chi connectivity index (χ3v) is 5.88. The van der Waals surface area contributed by atoms with Crippen molar-refractivity contribution in [2.45, 2.75) is 39.3 Å². The summed E-state index contributed by atoms with van der Waals surface area (Å²) in [6.45, 7) is 8.46. The Labute approximate surface area is 195 Å². The number of hydrogen-bond acceptors (Lipinski definition) is 6. The van der Waals surface area contributed by atoms with Gasteiger partial charge in [-0.15, -0.1) is 0 Å². The van der Waals surface area contributed by atoms with Gasteiger partial charge in [0.2, 0.25) is 0 Å². The lowest BCUT2D eigenvalue weighted by Crippen LogP contribution is -2.39. The average Bonchev–Trinajstić information content (AvgIpc) is 3.23. The van der Waals surface area contributed by atoms with Crippen LogP contribution in [-0.4, -0.2) is 63.3 Å². The summed E-state index contributed by atoms with van der Waals surface area (Å²) in [7, 11) is 1.88. The molecular weight excluding hydrogens is 414 g/mol. The van der Waals surface area contributed by atoms with Crippen molar-refractivity contribution in [1.82, 2.24) is 35.3 Å². The van der Waals surface area contributed by atoms with Crippen molar-refractivity contribution in [2.75, 3.05) is 38.0 Å². The van der Waals surface area contributed by atoms with Gasteiger partial charge >= 0.3 is 0 Å². The first kappa shape index (κ1) is 23.0. The minimum Gasteiger partial charge on any atom is -0.368 e. The molecule has 9 nitrogen and oxygen atoms in total. The van der Waals surface area contributed by atoms with Crippen molar-refractivity contribution in [3.8, 4) is 0 Å². The molecule has 176 valence electrons. The molecule has 0 saturated carbocycles. The van der Waals surface area contributed by atoms with Crippen molar-refractivity contribution >= 4 is 22.8 Å². The summed E-state index contributed by atoms with van der Waals surface area (Å²) < 4.78 is 1.75. The lowest BCUT2D eigenvalue weighted by atomic mass is 10.1. The molecule has 0 amide bonds. The van der Waals surface area contributed by atoms with E-state index >= 15 is 0 Å². The van der Waals surface area contributed by atoms with Gasteiger partial charge in [-0.3, -0.25) is 9.58 Å². The molecule has 0 bridgehead atoms. The Hall–Kier alpha value is -3.20. The van der Waals surface area contributed by atoms with Crippen LogP contribution in [0.3, 0.4) is 0 Å². The van der Waals surface area contributed by atoms with Gasteiger partial charge in [0, 0.05) is 33.2 Å². The van der Waals surface area contributed by atoms with Crippen LogP contribution in [0.1, 0.15) is 37.3 Å². The standard InChI is InChI=1S/C24H35N9/c1-3-25-24(27-12-11-26-22-21-16-31-32(2)23(21)30-18-29-22)28-15-19-7-9-20(10-8-19)17-33-13-5-4-6-14-33/h7-10,16,18H,3-6,11-15,17H2,1-2H3,(H2,25,27,28)(H,26,29,30). The van der Waals surface area contributed by atoms with Crippen LogP contribution in [-0.2, 0) is 20.1 Å². The van der Waals surface area contributed by atoms with Crippen LogP contribution in [0, 0.1) is 0 Å². The molecule has 1 aromatic carbocycles. The zero-order valence-electron chi connectivity index (χ0n) is 19.7. The van der Waals surface area contributed by atoms with Crippen LogP contribution in [0.5, 0.6) is 0 Å². The molecule has 1 fully saturated rings. The molecule has 2 aromatic heterocycles. The zero-order chi connectivity index (χ0) is 22.9. The highest BCUT2D eigenvalue weighted by Gasteiger charge is 2.10. The number of nitrogens with one attached hydrogen (secondary N) is 3. The number of hydrogen-bond donors (Lipinski definition) is 3. The van der Waals surface area contributed by atoms with E-state index in [0.717, 1.165) is 35.9 Å². The van der Waals surface area contributed by atoms with Gasteiger partial charge < -0.3 is 16.0 Å². The van der Waals surface area contributed by atoms with Crippen molar-refractivity contribution < 1.29 is 0 Å². The monoisotopic (exact) mass is 449 g/mol. The lowest BCUT2D eigenvalue weighted by molar-refractivity contribution is 0.221. The number of aliphatic imine (C=N–C) groups is 1. The SMILES string of the molecule is CCNC(=NCc1ccc(CN2CCCCC2)cc1)NCCNc1ncnc2c1cnn2C. The maximum Gasteiger partial charge on any atom is 0.191 e. The minimum absolute atomic E-state index is 0.648. The van der Waals surface area contributed by atoms with Gasteiger partial charge in [0.1, 0.15) is 12.1 Å². The van der Waals surface area contributed by atoms with Crippen LogP contribution >= 0.6 is 0 Å². The summed E-state index contributed by atoms with van der Waals surface area (Å²) >= 11 is 0. The van der Waals surface area contributed by atoms with E-state index in [1.807, 2.05) is 7.05 Å². The Bertz CT molecular complexity index is 1040. The number of guanidine groups is 1. The number of nitrogens with zero attached hydrogens (tertiary/aromatic N) is 6. The second kappa shape index (κ2) is 11.6. The molecule has 4 rings (SSSR count). The Morgan fingerprint density at radius 3 is 2.58 bits per heavy atom. The summed E-state index contributed by atoms with van der Waals surface area (Å²) in [6.07, 6.45) is 7.38. The van der Waals surface area contributed by atoms with E-state index in [0.29, 0.717) is 19.6 Å². The van der Waals surface area contributed by atoms with E-state index in [1.54, 1.807) is 17.2 Å². The van der Waals surface area contributed by atoms with Crippen molar-refractivity contribution in [3.63, 3.8) is 0 Å². The summed E-state index contributed by atoms with van der Waals surface area (Å²) in [5, 5.41) is 15.2. The maximum atomic E-state index is 4.74. The smallest absolute Gasteiger partial charge is 0.191 e. The molecule has 0 aliphatic carbocycles. The molecule has 3 heterocycles. The van der Waals surface area contributed by atoms with Gasteiger partial charge in [-0.05, 0) is 44.0 Å². The van der Waals surface area contributed by atoms with Gasteiger partial charge in [0.15, 0.2) is 11.6 Å². The van der Waals surface area contributed by atoms with Crippen molar-refractivity contribution in [2.24, 2.45) is 12.0 Å². The molecule has 0 unspecified atom stereocenters. The molecule has 3 aromatic rings. The summed E-state index contributed by atoms with van der Waals surface area (Å²) in [5.74, 6) is 1.60.